The second-order valence-corrected chi connectivity index (χ2v) is 3.65. The van der Waals surface area contributed by atoms with Gasteiger partial charge in [0.1, 0.15) is 0 Å². The van der Waals surface area contributed by atoms with Crippen molar-refractivity contribution in [1.29, 1.82) is 0 Å². The molecular formula is C12H22N2O2. The number of rotatable bonds is 2. The summed E-state index contributed by atoms with van der Waals surface area (Å²) in [5.74, 6) is 0. The van der Waals surface area contributed by atoms with Crippen molar-refractivity contribution in [2.45, 2.75) is 54.1 Å². The van der Waals surface area contributed by atoms with Gasteiger partial charge in [-0.25, -0.2) is 4.79 Å². The van der Waals surface area contributed by atoms with E-state index in [0.29, 0.717) is 12.1 Å². The summed E-state index contributed by atoms with van der Waals surface area (Å²) in [6.07, 6.45) is 1.63. The molecule has 1 heterocycles. The highest BCUT2D eigenvalue weighted by Gasteiger charge is 2.08. The van der Waals surface area contributed by atoms with E-state index in [0.717, 1.165) is 0 Å². The second kappa shape index (κ2) is 6.30. The van der Waals surface area contributed by atoms with E-state index in [2.05, 4.69) is 0 Å². The van der Waals surface area contributed by atoms with E-state index in [1.54, 1.807) is 24.6 Å². The van der Waals surface area contributed by atoms with Gasteiger partial charge >= 0.3 is 5.69 Å². The number of aromatic nitrogens is 2. The van der Waals surface area contributed by atoms with Crippen LogP contribution in [0.15, 0.2) is 15.8 Å². The zero-order valence-corrected chi connectivity index (χ0v) is 11.1. The Kier molecular flexibility index (Phi) is 5.78. The standard InChI is InChI=1S/C10H16N2O2.C2H6/c1-5-11-9(13)8(4)6-12(7(2)3)10(11)14;1-2/h6-7H,5H2,1-4H3;1-2H3. The molecule has 0 aliphatic carbocycles. The Labute approximate surface area is 96.5 Å². The van der Waals surface area contributed by atoms with Gasteiger partial charge in [-0.3, -0.25) is 13.9 Å². The molecule has 0 aromatic carbocycles. The molecule has 0 aliphatic heterocycles. The molecule has 16 heavy (non-hydrogen) atoms. The quantitative estimate of drug-likeness (QED) is 0.773. The van der Waals surface area contributed by atoms with E-state index >= 15 is 0 Å². The Bertz CT molecular complexity index is 441. The molecule has 0 aliphatic rings. The van der Waals surface area contributed by atoms with Gasteiger partial charge in [0.05, 0.1) is 0 Å². The molecule has 0 fully saturated rings. The van der Waals surface area contributed by atoms with Crippen LogP contribution in [0.3, 0.4) is 0 Å². The number of hydrogen-bond donors (Lipinski definition) is 0. The fourth-order valence-corrected chi connectivity index (χ4v) is 1.41. The van der Waals surface area contributed by atoms with Crippen LogP contribution in [0.4, 0.5) is 0 Å². The number of hydrogen-bond acceptors (Lipinski definition) is 2. The van der Waals surface area contributed by atoms with Gasteiger partial charge in [0, 0.05) is 24.3 Å². The maximum atomic E-state index is 11.7. The Morgan fingerprint density at radius 3 is 2.12 bits per heavy atom. The van der Waals surface area contributed by atoms with Gasteiger partial charge in [-0.05, 0) is 27.7 Å². The Morgan fingerprint density at radius 2 is 1.75 bits per heavy atom. The SMILES string of the molecule is CC.CCn1c(=O)c(C)cn(C(C)C)c1=O. The first-order chi connectivity index (χ1) is 7.49. The third kappa shape index (κ3) is 2.84. The van der Waals surface area contributed by atoms with Crippen molar-refractivity contribution >= 4 is 0 Å². The van der Waals surface area contributed by atoms with Crippen LogP contribution in [0.25, 0.3) is 0 Å². The Balaban J connectivity index is 0.00000106. The third-order valence-corrected chi connectivity index (χ3v) is 2.24. The van der Waals surface area contributed by atoms with Gasteiger partial charge in [-0.1, -0.05) is 13.8 Å². The predicted molar refractivity (Wildman–Crippen MR) is 67.1 cm³/mol. The van der Waals surface area contributed by atoms with E-state index in [4.69, 9.17) is 0 Å². The molecule has 0 amide bonds. The normalized spacial score (nSPS) is 9.94. The van der Waals surface area contributed by atoms with E-state index < -0.39 is 0 Å². The molecule has 0 saturated carbocycles. The van der Waals surface area contributed by atoms with Crippen molar-refractivity contribution in [1.82, 2.24) is 9.13 Å². The molecule has 0 radical (unpaired) electrons. The summed E-state index contributed by atoms with van der Waals surface area (Å²) in [6.45, 7) is 11.8. The van der Waals surface area contributed by atoms with Crippen LogP contribution in [0.2, 0.25) is 0 Å². The summed E-state index contributed by atoms with van der Waals surface area (Å²) in [6, 6.07) is 0.0830. The van der Waals surface area contributed by atoms with Gasteiger partial charge < -0.3 is 0 Å². The summed E-state index contributed by atoms with van der Waals surface area (Å²) >= 11 is 0. The first kappa shape index (κ1) is 14.7. The molecule has 0 saturated heterocycles. The first-order valence-electron chi connectivity index (χ1n) is 5.81. The van der Waals surface area contributed by atoms with Crippen molar-refractivity contribution < 1.29 is 0 Å². The van der Waals surface area contributed by atoms with Crippen LogP contribution in [0.1, 0.15) is 46.2 Å². The predicted octanol–water partition coefficient (Wildman–Crippen LogP) is 1.95. The zero-order chi connectivity index (χ0) is 12.9. The van der Waals surface area contributed by atoms with Crippen LogP contribution in [-0.4, -0.2) is 9.13 Å². The lowest BCUT2D eigenvalue weighted by Gasteiger charge is -2.12. The molecule has 0 N–H and O–H groups in total. The van der Waals surface area contributed by atoms with E-state index in [-0.39, 0.29) is 17.3 Å². The number of nitrogens with zero attached hydrogens (tertiary/aromatic N) is 2. The van der Waals surface area contributed by atoms with Crippen LogP contribution < -0.4 is 11.2 Å². The van der Waals surface area contributed by atoms with E-state index in [1.165, 1.54) is 4.57 Å². The molecule has 4 nitrogen and oxygen atoms in total. The molecule has 0 spiro atoms. The average Bonchev–Trinajstić information content (AvgIpc) is 2.27. The van der Waals surface area contributed by atoms with Crippen molar-refractivity contribution in [3.05, 3.63) is 32.6 Å². The summed E-state index contributed by atoms with van der Waals surface area (Å²) in [4.78, 5) is 23.3. The fraction of sp³-hybridized carbons (Fsp3) is 0.667. The third-order valence-electron chi connectivity index (χ3n) is 2.24. The molecule has 4 heteroatoms. The molecule has 0 unspecified atom stereocenters. The minimum absolute atomic E-state index is 0.0830. The lowest BCUT2D eigenvalue weighted by Crippen LogP contribution is -2.40. The minimum atomic E-state index is -0.224. The van der Waals surface area contributed by atoms with Gasteiger partial charge in [-0.2, -0.15) is 0 Å². The molecule has 1 rings (SSSR count). The van der Waals surface area contributed by atoms with Crippen molar-refractivity contribution in [2.75, 3.05) is 0 Å². The number of aryl methyl sites for hydroxylation is 1. The van der Waals surface area contributed by atoms with Gasteiger partial charge in [0.2, 0.25) is 0 Å². The minimum Gasteiger partial charge on any atom is -0.298 e. The molecule has 92 valence electrons. The van der Waals surface area contributed by atoms with Crippen molar-refractivity contribution in [3.8, 4) is 0 Å². The second-order valence-electron chi connectivity index (χ2n) is 3.65. The maximum Gasteiger partial charge on any atom is 0.331 e. The average molecular weight is 226 g/mol. The molecule has 1 aromatic rings. The van der Waals surface area contributed by atoms with Crippen LogP contribution >= 0.6 is 0 Å². The van der Waals surface area contributed by atoms with Crippen LogP contribution in [0.5, 0.6) is 0 Å². The van der Waals surface area contributed by atoms with E-state index in [1.807, 2.05) is 27.7 Å². The van der Waals surface area contributed by atoms with E-state index in [9.17, 15) is 9.59 Å². The largest absolute Gasteiger partial charge is 0.331 e. The Morgan fingerprint density at radius 1 is 1.25 bits per heavy atom. The van der Waals surface area contributed by atoms with Crippen LogP contribution in [0, 0.1) is 6.92 Å². The van der Waals surface area contributed by atoms with Crippen molar-refractivity contribution in [3.63, 3.8) is 0 Å². The summed E-state index contributed by atoms with van der Waals surface area (Å²) in [5, 5.41) is 0. The first-order valence-corrected chi connectivity index (χ1v) is 5.81. The highest BCUT2D eigenvalue weighted by Crippen LogP contribution is 1.98. The van der Waals surface area contributed by atoms with Crippen molar-refractivity contribution in [2.24, 2.45) is 0 Å². The fourth-order valence-electron chi connectivity index (χ4n) is 1.41. The van der Waals surface area contributed by atoms with Gasteiger partial charge in [0.15, 0.2) is 0 Å². The maximum absolute atomic E-state index is 11.7. The Hall–Kier alpha value is -1.32. The molecule has 1 aromatic heterocycles. The highest BCUT2D eigenvalue weighted by molar-refractivity contribution is 5.03. The smallest absolute Gasteiger partial charge is 0.298 e. The molecule has 0 bridgehead atoms. The monoisotopic (exact) mass is 226 g/mol. The molecular weight excluding hydrogens is 204 g/mol. The summed E-state index contributed by atoms with van der Waals surface area (Å²) in [7, 11) is 0. The van der Waals surface area contributed by atoms with Gasteiger partial charge in [0.25, 0.3) is 5.56 Å². The summed E-state index contributed by atoms with van der Waals surface area (Å²) < 4.78 is 2.84. The van der Waals surface area contributed by atoms with Gasteiger partial charge in [-0.15, -0.1) is 0 Å². The lowest BCUT2D eigenvalue weighted by molar-refractivity contribution is 0.512. The molecule has 0 atom stereocenters. The lowest BCUT2D eigenvalue weighted by atomic mass is 10.3. The topological polar surface area (TPSA) is 44.0 Å². The highest BCUT2D eigenvalue weighted by atomic mass is 16.2. The van der Waals surface area contributed by atoms with Crippen LogP contribution in [-0.2, 0) is 6.54 Å². The zero-order valence-electron chi connectivity index (χ0n) is 11.1. The summed E-state index contributed by atoms with van der Waals surface area (Å²) in [5.41, 5.74) is 0.202.